The van der Waals surface area contributed by atoms with Crippen LogP contribution in [0.2, 0.25) is 0 Å². The molecule has 7 nitrogen and oxygen atoms in total. The van der Waals surface area contributed by atoms with Crippen molar-refractivity contribution in [2.75, 3.05) is 0 Å². The highest BCUT2D eigenvalue weighted by Crippen LogP contribution is 2.51. The Morgan fingerprint density at radius 2 is 1.00 bits per heavy atom. The van der Waals surface area contributed by atoms with Gasteiger partial charge in [-0.25, -0.2) is 0 Å². The van der Waals surface area contributed by atoms with E-state index >= 15 is 0 Å². The van der Waals surface area contributed by atoms with Crippen LogP contribution in [-0.4, -0.2) is 70.7 Å². The molecule has 2 saturated carbocycles. The Labute approximate surface area is 185 Å². The summed E-state index contributed by atoms with van der Waals surface area (Å²) >= 11 is 0. The van der Waals surface area contributed by atoms with Crippen LogP contribution < -0.4 is 0 Å². The third kappa shape index (κ3) is 4.51. The Balaban J connectivity index is 0.000000213. The molecule has 0 spiro atoms. The zero-order valence-corrected chi connectivity index (χ0v) is 19.2. The van der Waals surface area contributed by atoms with Gasteiger partial charge >= 0.3 is 0 Å². The predicted octanol–water partition coefficient (Wildman–Crippen LogP) is 0.846. The molecule has 0 unspecified atom stereocenters. The van der Waals surface area contributed by atoms with E-state index in [4.69, 9.17) is 0 Å². The zero-order valence-electron chi connectivity index (χ0n) is 19.2. The summed E-state index contributed by atoms with van der Waals surface area (Å²) in [4.78, 5) is 0. The van der Waals surface area contributed by atoms with E-state index in [2.05, 4.69) is 0 Å². The van der Waals surface area contributed by atoms with Crippen LogP contribution in [0.4, 0.5) is 0 Å². The maximum atomic E-state index is 10.6. The summed E-state index contributed by atoms with van der Waals surface area (Å²) in [7, 11) is 0. The highest BCUT2D eigenvalue weighted by molar-refractivity contribution is 5.22. The van der Waals surface area contributed by atoms with E-state index in [-0.39, 0.29) is 29.1 Å². The lowest BCUT2D eigenvalue weighted by molar-refractivity contribution is -0.115. The van der Waals surface area contributed by atoms with E-state index in [9.17, 15) is 30.6 Å². The average Bonchev–Trinajstić information content (AvgIpc) is 2.91. The molecule has 2 fully saturated rings. The smallest absolute Gasteiger partial charge is 0.114 e. The van der Waals surface area contributed by atoms with Gasteiger partial charge in [0.1, 0.15) is 11.2 Å². The van der Waals surface area contributed by atoms with Gasteiger partial charge in [-0.15, -0.1) is 0 Å². The molecule has 10 atom stereocenters. The minimum atomic E-state index is -1.16. The summed E-state index contributed by atoms with van der Waals surface area (Å²) in [6.45, 7) is 7.43. The van der Waals surface area contributed by atoms with Gasteiger partial charge in [0, 0.05) is 0 Å². The highest BCUT2D eigenvalue weighted by atomic mass is 16.4. The second kappa shape index (κ2) is 8.86. The summed E-state index contributed by atoms with van der Waals surface area (Å²) in [5, 5.41) is 60.7. The van der Waals surface area contributed by atoms with Crippen molar-refractivity contribution in [3.8, 4) is 0 Å². The molecule has 7 heteroatoms. The molecule has 0 aromatic rings. The molecule has 0 saturated heterocycles. The number of aliphatic hydroxyl groups is 6. The lowest BCUT2D eigenvalue weighted by atomic mass is 9.76. The molecule has 0 aromatic heterocycles. The number of fused-ring (bicyclic) bond motifs is 2. The Kier molecular flexibility index (Phi) is 7.56. The van der Waals surface area contributed by atoms with Crippen LogP contribution in [0.3, 0.4) is 0 Å². The largest absolute Gasteiger partial charge is 0.412 e. The van der Waals surface area contributed by atoms with E-state index in [1.165, 1.54) is 0 Å². The van der Waals surface area contributed by atoms with Crippen molar-refractivity contribution in [3.63, 3.8) is 0 Å². The fourth-order valence-corrected chi connectivity index (χ4v) is 6.32. The first-order valence-electron chi connectivity index (χ1n) is 11.4. The summed E-state index contributed by atoms with van der Waals surface area (Å²) in [5.74, 6) is 0.574. The van der Waals surface area contributed by atoms with Crippen molar-refractivity contribution in [2.24, 2.45) is 23.7 Å². The van der Waals surface area contributed by atoms with E-state index in [0.717, 1.165) is 12.8 Å². The van der Waals surface area contributed by atoms with Gasteiger partial charge in [0.15, 0.2) is 0 Å². The lowest BCUT2D eigenvalue weighted by Crippen LogP contribution is -2.51. The molecule has 0 amide bonds. The molecule has 0 heterocycles. The van der Waals surface area contributed by atoms with Crippen molar-refractivity contribution in [3.05, 3.63) is 24.3 Å². The third-order valence-electron chi connectivity index (χ3n) is 8.49. The molecule has 180 valence electrons. The van der Waals surface area contributed by atoms with Gasteiger partial charge in [-0.05, 0) is 76.0 Å². The van der Waals surface area contributed by atoms with Gasteiger partial charge in [-0.1, -0.05) is 38.2 Å². The molecule has 31 heavy (non-hydrogen) atoms. The van der Waals surface area contributed by atoms with Crippen molar-refractivity contribution in [1.29, 1.82) is 0 Å². The molecule has 0 aliphatic heterocycles. The quantitative estimate of drug-likeness (QED) is 0.306. The Bertz CT molecular complexity index is 629. The maximum absolute atomic E-state index is 10.6. The Morgan fingerprint density at radius 1 is 0.677 bits per heavy atom. The number of rotatable bonds is 0. The van der Waals surface area contributed by atoms with E-state index in [1.807, 2.05) is 13.8 Å². The third-order valence-corrected chi connectivity index (χ3v) is 8.49. The van der Waals surface area contributed by atoms with Gasteiger partial charge < -0.3 is 36.1 Å². The second-order valence-electron chi connectivity index (χ2n) is 10.8. The van der Waals surface area contributed by atoms with Gasteiger partial charge in [0.25, 0.3) is 0 Å². The topological polar surface area (TPSA) is 153 Å². The Hall–Kier alpha value is -0.800. The maximum Gasteiger partial charge on any atom is 0.114 e. The minimum absolute atomic E-state index is 0. The van der Waals surface area contributed by atoms with Crippen molar-refractivity contribution in [2.45, 2.75) is 101 Å². The first-order chi connectivity index (χ1) is 13.7. The molecule has 0 aromatic carbocycles. The molecule has 4 aliphatic carbocycles. The van der Waals surface area contributed by atoms with Gasteiger partial charge in [-0.2, -0.15) is 0 Å². The zero-order chi connectivity index (χ0) is 22.5. The van der Waals surface area contributed by atoms with Crippen molar-refractivity contribution < 1.29 is 36.1 Å². The van der Waals surface area contributed by atoms with Crippen LogP contribution in [0.1, 0.15) is 66.2 Å². The second-order valence-corrected chi connectivity index (χ2v) is 10.8. The van der Waals surface area contributed by atoms with E-state index in [1.54, 1.807) is 38.2 Å². The van der Waals surface area contributed by atoms with Crippen LogP contribution in [0.25, 0.3) is 0 Å². The molecule has 4 aliphatic rings. The van der Waals surface area contributed by atoms with Gasteiger partial charge in [-0.3, -0.25) is 0 Å². The summed E-state index contributed by atoms with van der Waals surface area (Å²) in [6.07, 6.45) is 9.70. The fourth-order valence-electron chi connectivity index (χ4n) is 6.32. The molecular weight excluding hydrogens is 400 g/mol. The Morgan fingerprint density at radius 3 is 1.32 bits per heavy atom. The van der Waals surface area contributed by atoms with Crippen LogP contribution in [-0.2, 0) is 0 Å². The van der Waals surface area contributed by atoms with Crippen LogP contribution in [0.5, 0.6) is 0 Å². The van der Waals surface area contributed by atoms with E-state index < -0.39 is 34.6 Å². The van der Waals surface area contributed by atoms with Crippen molar-refractivity contribution in [1.82, 2.24) is 0 Å². The van der Waals surface area contributed by atoms with Gasteiger partial charge in [0.05, 0.1) is 23.4 Å². The molecule has 4 rings (SSSR count). The van der Waals surface area contributed by atoms with E-state index in [0.29, 0.717) is 25.7 Å². The first kappa shape index (κ1) is 26.5. The summed E-state index contributed by atoms with van der Waals surface area (Å²) < 4.78 is 0. The number of hydrogen-bond donors (Lipinski definition) is 6. The fraction of sp³-hybridized carbons (Fsp3) is 0.833. The molecule has 8 N–H and O–H groups in total. The first-order valence-corrected chi connectivity index (χ1v) is 11.4. The minimum Gasteiger partial charge on any atom is -0.412 e. The number of aliphatic hydroxyl groups excluding tert-OH is 2. The summed E-state index contributed by atoms with van der Waals surface area (Å²) in [6, 6.07) is 0. The van der Waals surface area contributed by atoms with Crippen LogP contribution in [0, 0.1) is 23.7 Å². The van der Waals surface area contributed by atoms with Gasteiger partial charge in [0.2, 0.25) is 0 Å². The predicted molar refractivity (Wildman–Crippen MR) is 118 cm³/mol. The highest BCUT2D eigenvalue weighted by Gasteiger charge is 2.57. The van der Waals surface area contributed by atoms with Crippen LogP contribution in [0.15, 0.2) is 24.3 Å². The molecule has 0 radical (unpaired) electrons. The standard InChI is InChI=1S/2C12H20O3.H2O/c2*1-8-7-9(13)3-6-12(15)10(8)4-5-11(12,2)14;/h2*3,6,8-10,13-15H,4-5,7H2,1-2H3;1H2/t2*8-,9-,10+,11+,12-;/m00./s1. The normalized spacial score (nSPS) is 53.4. The van der Waals surface area contributed by atoms with Crippen molar-refractivity contribution >= 4 is 0 Å². The van der Waals surface area contributed by atoms with Crippen LogP contribution >= 0.6 is 0 Å². The summed E-state index contributed by atoms with van der Waals surface area (Å²) in [5.41, 5.74) is -4.45. The average molecular weight is 443 g/mol. The SMILES string of the molecule is C[C@H]1C[C@@H](O)C=C[C@]2(O)[C@@H]1CC[C@@]2(C)O.C[C@H]1C[C@@H](O)C=C[C@]2(O)[C@@H]1CC[C@@]2(C)O.O. The molecular formula is C24H42O7. The molecule has 0 bridgehead atoms. The lowest BCUT2D eigenvalue weighted by Gasteiger charge is -2.38. The number of hydrogen-bond acceptors (Lipinski definition) is 6. The monoisotopic (exact) mass is 442 g/mol.